The lowest BCUT2D eigenvalue weighted by Gasteiger charge is -2.09. The highest BCUT2D eigenvalue weighted by Gasteiger charge is 2.11. The second-order valence-electron chi connectivity index (χ2n) is 4.58. The van der Waals surface area contributed by atoms with E-state index in [0.29, 0.717) is 22.1 Å². The van der Waals surface area contributed by atoms with E-state index in [1.54, 1.807) is 43.3 Å². The van der Waals surface area contributed by atoms with E-state index < -0.39 is 11.9 Å². The third-order valence-corrected chi connectivity index (χ3v) is 3.03. The number of carbonyl (C=O) groups excluding carboxylic acids is 2. The smallest absolute Gasteiger partial charge is 0.343 e. The van der Waals surface area contributed by atoms with Gasteiger partial charge in [0.15, 0.2) is 6.61 Å². The molecular formula is C16H14ClNO4. The van der Waals surface area contributed by atoms with Crippen molar-refractivity contribution in [2.45, 2.75) is 6.92 Å². The summed E-state index contributed by atoms with van der Waals surface area (Å²) in [5, 5.41) is 0.569. The highest BCUT2D eigenvalue weighted by molar-refractivity contribution is 6.30. The Labute approximate surface area is 132 Å². The summed E-state index contributed by atoms with van der Waals surface area (Å²) in [6.07, 6.45) is 0. The van der Waals surface area contributed by atoms with Crippen LogP contribution in [0.3, 0.4) is 0 Å². The third kappa shape index (κ3) is 4.23. The summed E-state index contributed by atoms with van der Waals surface area (Å²) < 4.78 is 10.5. The quantitative estimate of drug-likeness (QED) is 0.679. The summed E-state index contributed by atoms with van der Waals surface area (Å²) in [7, 11) is 0. The minimum Gasteiger partial charge on any atom is -0.484 e. The predicted octanol–water partition coefficient (Wildman–Crippen LogP) is 2.73. The van der Waals surface area contributed by atoms with Gasteiger partial charge in [0.05, 0.1) is 5.56 Å². The van der Waals surface area contributed by atoms with Gasteiger partial charge in [0, 0.05) is 5.02 Å². The number of hydrogen-bond donors (Lipinski definition) is 1. The highest BCUT2D eigenvalue weighted by atomic mass is 35.5. The summed E-state index contributed by atoms with van der Waals surface area (Å²) in [5.74, 6) is -0.335. The van der Waals surface area contributed by atoms with Gasteiger partial charge in [-0.3, -0.25) is 4.79 Å². The molecule has 0 aliphatic heterocycles. The van der Waals surface area contributed by atoms with Gasteiger partial charge in [-0.1, -0.05) is 17.7 Å². The number of benzene rings is 2. The van der Waals surface area contributed by atoms with Gasteiger partial charge in [-0.2, -0.15) is 0 Å². The van der Waals surface area contributed by atoms with Crippen LogP contribution in [0.2, 0.25) is 5.02 Å². The summed E-state index contributed by atoms with van der Waals surface area (Å²) >= 11 is 5.86. The van der Waals surface area contributed by atoms with Crippen molar-refractivity contribution in [3.8, 4) is 11.5 Å². The molecule has 0 radical (unpaired) electrons. The standard InChI is InChI=1S/C16H14ClNO4/c1-10-7-12(17)5-6-14(10)22-16(20)11-3-2-4-13(8-11)21-9-15(18)19/h2-8H,9H2,1H3,(H2,18,19). The van der Waals surface area contributed by atoms with Crippen LogP contribution in [0.4, 0.5) is 0 Å². The number of hydrogen-bond acceptors (Lipinski definition) is 4. The van der Waals surface area contributed by atoms with Gasteiger partial charge in [0.1, 0.15) is 11.5 Å². The van der Waals surface area contributed by atoms with Crippen molar-refractivity contribution in [2.24, 2.45) is 5.73 Å². The average Bonchev–Trinajstić information content (AvgIpc) is 2.48. The molecule has 0 aliphatic carbocycles. The van der Waals surface area contributed by atoms with Crippen LogP contribution in [0.1, 0.15) is 15.9 Å². The Bertz CT molecular complexity index is 715. The Hall–Kier alpha value is -2.53. The van der Waals surface area contributed by atoms with Crippen LogP contribution in [0.5, 0.6) is 11.5 Å². The number of primary amides is 1. The van der Waals surface area contributed by atoms with E-state index in [-0.39, 0.29) is 6.61 Å². The van der Waals surface area contributed by atoms with Crippen LogP contribution in [0.25, 0.3) is 0 Å². The molecule has 6 heteroatoms. The molecule has 0 bridgehead atoms. The summed E-state index contributed by atoms with van der Waals surface area (Å²) in [6.45, 7) is 1.54. The van der Waals surface area contributed by atoms with Crippen molar-refractivity contribution < 1.29 is 19.1 Å². The first-order valence-electron chi connectivity index (χ1n) is 6.45. The Balaban J connectivity index is 2.12. The molecule has 0 spiro atoms. The van der Waals surface area contributed by atoms with E-state index in [2.05, 4.69) is 0 Å². The monoisotopic (exact) mass is 319 g/mol. The second-order valence-corrected chi connectivity index (χ2v) is 5.02. The largest absolute Gasteiger partial charge is 0.484 e. The minimum atomic E-state index is -0.593. The first-order chi connectivity index (χ1) is 10.5. The van der Waals surface area contributed by atoms with E-state index in [1.807, 2.05) is 0 Å². The van der Waals surface area contributed by atoms with Crippen LogP contribution < -0.4 is 15.2 Å². The number of nitrogens with two attached hydrogens (primary N) is 1. The zero-order valence-electron chi connectivity index (χ0n) is 11.8. The van der Waals surface area contributed by atoms with Crippen molar-refractivity contribution in [3.63, 3.8) is 0 Å². The number of halogens is 1. The van der Waals surface area contributed by atoms with Gasteiger partial charge in [0.25, 0.3) is 5.91 Å². The first-order valence-corrected chi connectivity index (χ1v) is 6.83. The van der Waals surface area contributed by atoms with Crippen molar-refractivity contribution in [2.75, 3.05) is 6.61 Å². The maximum absolute atomic E-state index is 12.1. The lowest BCUT2D eigenvalue weighted by atomic mass is 10.2. The van der Waals surface area contributed by atoms with Gasteiger partial charge in [0.2, 0.25) is 0 Å². The molecule has 0 heterocycles. The molecule has 0 atom stereocenters. The third-order valence-electron chi connectivity index (χ3n) is 2.79. The molecule has 0 saturated heterocycles. The van der Waals surface area contributed by atoms with E-state index in [0.717, 1.165) is 5.56 Å². The second kappa shape index (κ2) is 6.95. The number of amides is 1. The molecule has 0 aromatic heterocycles. The first kappa shape index (κ1) is 15.9. The fourth-order valence-electron chi connectivity index (χ4n) is 1.75. The van der Waals surface area contributed by atoms with Crippen LogP contribution in [0, 0.1) is 6.92 Å². The summed E-state index contributed by atoms with van der Waals surface area (Å²) in [5.41, 5.74) is 6.06. The fraction of sp³-hybridized carbons (Fsp3) is 0.125. The molecule has 1 amide bonds. The topological polar surface area (TPSA) is 78.6 Å². The molecular weight excluding hydrogens is 306 g/mol. The summed E-state index contributed by atoms with van der Waals surface area (Å²) in [6, 6.07) is 11.3. The number of ether oxygens (including phenoxy) is 2. The Morgan fingerprint density at radius 2 is 1.95 bits per heavy atom. The molecule has 114 valence electrons. The van der Waals surface area contributed by atoms with Gasteiger partial charge in [-0.15, -0.1) is 0 Å². The zero-order chi connectivity index (χ0) is 16.1. The minimum absolute atomic E-state index is 0.255. The molecule has 2 N–H and O–H groups in total. The molecule has 0 unspecified atom stereocenters. The Morgan fingerprint density at radius 3 is 2.64 bits per heavy atom. The SMILES string of the molecule is Cc1cc(Cl)ccc1OC(=O)c1cccc(OCC(N)=O)c1. The summed E-state index contributed by atoms with van der Waals surface area (Å²) in [4.78, 5) is 22.8. The van der Waals surface area contributed by atoms with Gasteiger partial charge < -0.3 is 15.2 Å². The maximum atomic E-state index is 12.1. The van der Waals surface area contributed by atoms with Crippen LogP contribution in [-0.4, -0.2) is 18.5 Å². The zero-order valence-corrected chi connectivity index (χ0v) is 12.6. The number of aryl methyl sites for hydroxylation is 1. The van der Waals surface area contributed by atoms with Gasteiger partial charge >= 0.3 is 5.97 Å². The average molecular weight is 320 g/mol. The van der Waals surface area contributed by atoms with Crippen molar-refractivity contribution >= 4 is 23.5 Å². The Kier molecular flexibility index (Phi) is 5.01. The predicted molar refractivity (Wildman–Crippen MR) is 82.3 cm³/mol. The van der Waals surface area contributed by atoms with E-state index >= 15 is 0 Å². The molecule has 0 fully saturated rings. The Morgan fingerprint density at radius 1 is 1.18 bits per heavy atom. The van der Waals surface area contributed by atoms with Crippen LogP contribution >= 0.6 is 11.6 Å². The normalized spacial score (nSPS) is 10.1. The van der Waals surface area contributed by atoms with Crippen molar-refractivity contribution in [1.29, 1.82) is 0 Å². The van der Waals surface area contributed by atoms with Crippen molar-refractivity contribution in [1.82, 2.24) is 0 Å². The van der Waals surface area contributed by atoms with E-state index in [1.165, 1.54) is 6.07 Å². The molecule has 0 saturated carbocycles. The number of carbonyl (C=O) groups is 2. The highest BCUT2D eigenvalue weighted by Crippen LogP contribution is 2.23. The maximum Gasteiger partial charge on any atom is 0.343 e. The number of esters is 1. The lowest BCUT2D eigenvalue weighted by Crippen LogP contribution is -2.20. The molecule has 5 nitrogen and oxygen atoms in total. The van der Waals surface area contributed by atoms with E-state index in [4.69, 9.17) is 26.8 Å². The van der Waals surface area contributed by atoms with Crippen LogP contribution in [0.15, 0.2) is 42.5 Å². The van der Waals surface area contributed by atoms with Crippen molar-refractivity contribution in [3.05, 3.63) is 58.6 Å². The molecule has 0 aliphatic rings. The molecule has 2 aromatic rings. The van der Waals surface area contributed by atoms with Crippen LogP contribution in [-0.2, 0) is 4.79 Å². The lowest BCUT2D eigenvalue weighted by molar-refractivity contribution is -0.119. The number of rotatable bonds is 5. The molecule has 2 rings (SSSR count). The molecule has 22 heavy (non-hydrogen) atoms. The fourth-order valence-corrected chi connectivity index (χ4v) is 1.98. The van der Waals surface area contributed by atoms with Gasteiger partial charge in [-0.25, -0.2) is 4.79 Å². The molecule has 2 aromatic carbocycles. The van der Waals surface area contributed by atoms with Gasteiger partial charge in [-0.05, 0) is 48.9 Å². The van der Waals surface area contributed by atoms with E-state index in [9.17, 15) is 9.59 Å².